The fraction of sp³-hybridized carbons (Fsp3) is 0.308. The number of para-hydroxylation sites is 1. The molecular formula is C26H24F4N2O3. The monoisotopic (exact) mass is 488 g/mol. The number of alkyl halides is 3. The number of carbonyl (C=O) groups is 2. The van der Waals surface area contributed by atoms with E-state index in [1.807, 2.05) is 38.1 Å². The van der Waals surface area contributed by atoms with Crippen molar-refractivity contribution >= 4 is 28.4 Å². The predicted octanol–water partition coefficient (Wildman–Crippen LogP) is 6.05. The van der Waals surface area contributed by atoms with Crippen molar-refractivity contribution in [3.8, 4) is 0 Å². The number of aromatic nitrogens is 1. The van der Waals surface area contributed by atoms with E-state index in [4.69, 9.17) is 4.74 Å². The third-order valence-electron chi connectivity index (χ3n) is 5.85. The summed E-state index contributed by atoms with van der Waals surface area (Å²) in [6.45, 7) is 7.16. The van der Waals surface area contributed by atoms with Crippen molar-refractivity contribution in [1.29, 1.82) is 0 Å². The zero-order chi connectivity index (χ0) is 25.7. The van der Waals surface area contributed by atoms with Crippen LogP contribution >= 0.6 is 0 Å². The molecule has 2 aromatic carbocycles. The van der Waals surface area contributed by atoms with Crippen molar-refractivity contribution in [3.05, 3.63) is 76.9 Å². The smallest absolute Gasteiger partial charge is 0.416 e. The van der Waals surface area contributed by atoms with Crippen LogP contribution in [-0.4, -0.2) is 34.4 Å². The lowest BCUT2D eigenvalue weighted by molar-refractivity contribution is -0.140. The van der Waals surface area contributed by atoms with Gasteiger partial charge < -0.3 is 14.6 Å². The molecule has 0 spiro atoms. The highest BCUT2D eigenvalue weighted by Gasteiger charge is 2.38. The molecule has 1 aliphatic rings. The molecule has 0 unspecified atom stereocenters. The second-order valence-electron chi connectivity index (χ2n) is 9.43. The summed E-state index contributed by atoms with van der Waals surface area (Å²) in [7, 11) is 0. The first-order chi connectivity index (χ1) is 16.3. The number of aromatic amines is 1. The van der Waals surface area contributed by atoms with Crippen molar-refractivity contribution in [1.82, 2.24) is 9.88 Å². The average Bonchev–Trinajstić information content (AvgIpc) is 3.09. The van der Waals surface area contributed by atoms with Gasteiger partial charge in [-0.05, 0) is 43.7 Å². The van der Waals surface area contributed by atoms with Gasteiger partial charge in [-0.15, -0.1) is 0 Å². The summed E-state index contributed by atoms with van der Waals surface area (Å²) >= 11 is 0. The van der Waals surface area contributed by atoms with Crippen LogP contribution in [0.25, 0.3) is 16.5 Å². The number of nitrogens with zero attached hydrogens (tertiary/aromatic N) is 1. The van der Waals surface area contributed by atoms with E-state index in [0.717, 1.165) is 27.4 Å². The van der Waals surface area contributed by atoms with E-state index in [-0.39, 0.29) is 12.1 Å². The minimum atomic E-state index is -4.75. The molecule has 0 saturated heterocycles. The van der Waals surface area contributed by atoms with E-state index in [1.165, 1.54) is 6.20 Å². The number of hydrogen-bond acceptors (Lipinski definition) is 3. The van der Waals surface area contributed by atoms with Gasteiger partial charge in [-0.3, -0.25) is 4.79 Å². The first-order valence-electron chi connectivity index (χ1n) is 11.0. The number of esters is 1. The van der Waals surface area contributed by atoms with Crippen LogP contribution in [0.2, 0.25) is 0 Å². The maximum absolute atomic E-state index is 14.7. The van der Waals surface area contributed by atoms with Crippen molar-refractivity contribution < 1.29 is 31.9 Å². The van der Waals surface area contributed by atoms with Crippen LogP contribution in [0.1, 0.15) is 54.9 Å². The summed E-state index contributed by atoms with van der Waals surface area (Å²) in [6, 6.07) is 9.23. The molecular weight excluding hydrogens is 464 g/mol. The number of fused-ring (bicyclic) bond motifs is 3. The first kappa shape index (κ1) is 24.5. The summed E-state index contributed by atoms with van der Waals surface area (Å²) in [6.07, 6.45) is -3.90. The Bertz CT molecular complexity index is 1350. The van der Waals surface area contributed by atoms with E-state index >= 15 is 0 Å². The molecule has 1 N–H and O–H groups in total. The summed E-state index contributed by atoms with van der Waals surface area (Å²) in [5, 5.41) is 0.853. The number of halogens is 4. The van der Waals surface area contributed by atoms with Crippen molar-refractivity contribution in [2.75, 3.05) is 6.54 Å². The lowest BCUT2D eigenvalue weighted by Crippen LogP contribution is -2.37. The molecule has 0 atom stereocenters. The quantitative estimate of drug-likeness (QED) is 0.361. The zero-order valence-corrected chi connectivity index (χ0v) is 19.6. The predicted molar refractivity (Wildman–Crippen MR) is 123 cm³/mol. The van der Waals surface area contributed by atoms with Crippen LogP contribution in [-0.2, 0) is 21.1 Å². The second-order valence-corrected chi connectivity index (χ2v) is 9.43. The number of carbonyl (C=O) groups excluding carboxylic acids is 2. The fourth-order valence-corrected chi connectivity index (χ4v) is 4.40. The number of benzene rings is 2. The molecule has 184 valence electrons. The second kappa shape index (κ2) is 8.55. The molecule has 5 nitrogen and oxygen atoms in total. The van der Waals surface area contributed by atoms with Crippen LogP contribution < -0.4 is 0 Å². The average molecular weight is 488 g/mol. The van der Waals surface area contributed by atoms with Gasteiger partial charge in [0.2, 0.25) is 0 Å². The van der Waals surface area contributed by atoms with Crippen LogP contribution in [0.3, 0.4) is 0 Å². The van der Waals surface area contributed by atoms with Gasteiger partial charge in [0, 0.05) is 29.1 Å². The zero-order valence-electron chi connectivity index (χ0n) is 19.6. The van der Waals surface area contributed by atoms with E-state index in [0.29, 0.717) is 17.8 Å². The normalized spacial score (nSPS) is 15.6. The number of nitrogens with one attached hydrogen (secondary N) is 1. The van der Waals surface area contributed by atoms with Crippen LogP contribution in [0.5, 0.6) is 0 Å². The third kappa shape index (κ3) is 4.54. The minimum Gasteiger partial charge on any atom is -0.459 e. The molecule has 0 fully saturated rings. The largest absolute Gasteiger partial charge is 0.459 e. The van der Waals surface area contributed by atoms with E-state index < -0.39 is 46.5 Å². The maximum Gasteiger partial charge on any atom is 0.416 e. The van der Waals surface area contributed by atoms with Gasteiger partial charge in [0.15, 0.2) is 0 Å². The Morgan fingerprint density at radius 3 is 2.43 bits per heavy atom. The number of amides is 1. The van der Waals surface area contributed by atoms with Gasteiger partial charge in [-0.1, -0.05) is 32.0 Å². The van der Waals surface area contributed by atoms with E-state index in [2.05, 4.69) is 4.98 Å². The van der Waals surface area contributed by atoms with Gasteiger partial charge in [0.05, 0.1) is 28.5 Å². The Labute approximate surface area is 199 Å². The summed E-state index contributed by atoms with van der Waals surface area (Å²) in [5.74, 6) is -2.85. The molecule has 35 heavy (non-hydrogen) atoms. The van der Waals surface area contributed by atoms with Crippen molar-refractivity contribution in [2.24, 2.45) is 0 Å². The molecule has 1 amide bonds. The molecule has 2 heterocycles. The number of rotatable bonds is 3. The van der Waals surface area contributed by atoms with Crippen LogP contribution in [0.4, 0.5) is 17.6 Å². The summed E-state index contributed by atoms with van der Waals surface area (Å²) in [5.41, 5.74) is -0.326. The molecule has 1 aliphatic heterocycles. The molecule has 0 radical (unpaired) electrons. The molecule has 0 bridgehead atoms. The van der Waals surface area contributed by atoms with Gasteiger partial charge >= 0.3 is 12.1 Å². The lowest BCUT2D eigenvalue weighted by atomic mass is 9.81. The number of hydrogen-bond donors (Lipinski definition) is 1. The van der Waals surface area contributed by atoms with Crippen molar-refractivity contribution in [3.63, 3.8) is 0 Å². The van der Waals surface area contributed by atoms with Crippen molar-refractivity contribution in [2.45, 2.75) is 45.4 Å². The Morgan fingerprint density at radius 2 is 1.80 bits per heavy atom. The maximum atomic E-state index is 14.7. The highest BCUT2D eigenvalue weighted by Crippen LogP contribution is 2.41. The molecule has 1 aromatic heterocycles. The topological polar surface area (TPSA) is 62.4 Å². The van der Waals surface area contributed by atoms with Gasteiger partial charge in [0.1, 0.15) is 5.82 Å². The fourth-order valence-electron chi connectivity index (χ4n) is 4.40. The lowest BCUT2D eigenvalue weighted by Gasteiger charge is -2.29. The molecule has 0 saturated carbocycles. The van der Waals surface area contributed by atoms with Crippen LogP contribution in [0.15, 0.2) is 48.7 Å². The Morgan fingerprint density at radius 1 is 1.11 bits per heavy atom. The molecule has 3 aromatic rings. The third-order valence-corrected chi connectivity index (χ3v) is 5.85. The van der Waals surface area contributed by atoms with Gasteiger partial charge in [0.25, 0.3) is 5.91 Å². The Hall–Kier alpha value is -3.62. The molecule has 4 rings (SSSR count). The standard InChI is InChI=1S/C26H24F4N2O3/c1-14(2)35-24(34)18-12-32(23(33)16-10-9-15(11-19(16)27)26(28,29)30)13-25(3,4)21-17-7-5-6-8-20(17)31-22(18)21/h5-12,14,31H,13H2,1-4H3. The SMILES string of the molecule is CC(C)OC(=O)C1=CN(C(=O)c2ccc(C(F)(F)F)cc2F)CC(C)(C)c2c1[nH]c1ccccc21. The Kier molecular flexibility index (Phi) is 5.99. The first-order valence-corrected chi connectivity index (χ1v) is 11.0. The highest BCUT2D eigenvalue weighted by molar-refractivity contribution is 6.18. The molecule has 0 aliphatic carbocycles. The van der Waals surface area contributed by atoms with Gasteiger partial charge in [-0.25, -0.2) is 9.18 Å². The Balaban J connectivity index is 1.86. The highest BCUT2D eigenvalue weighted by atomic mass is 19.4. The minimum absolute atomic E-state index is 0.0413. The summed E-state index contributed by atoms with van der Waals surface area (Å²) in [4.78, 5) is 30.8. The van der Waals surface area contributed by atoms with Gasteiger partial charge in [-0.2, -0.15) is 13.2 Å². The van der Waals surface area contributed by atoms with E-state index in [1.54, 1.807) is 13.8 Å². The molecule has 9 heteroatoms. The summed E-state index contributed by atoms with van der Waals surface area (Å²) < 4.78 is 59.0. The number of ether oxygens (including phenoxy) is 1. The van der Waals surface area contributed by atoms with E-state index in [9.17, 15) is 27.2 Å². The number of H-pyrrole nitrogens is 1. The van der Waals surface area contributed by atoms with Crippen LogP contribution in [0, 0.1) is 5.82 Å².